The Balaban J connectivity index is 3.31. The largest absolute Gasteiger partial charge is 0.478 e. The van der Waals surface area contributed by atoms with Gasteiger partial charge in [-0.25, -0.2) is 9.78 Å². The Morgan fingerprint density at radius 3 is 2.53 bits per heavy atom. The fraction of sp³-hybridized carbons (Fsp3) is 0.400. The van der Waals surface area contributed by atoms with Gasteiger partial charge in [0, 0.05) is 25.4 Å². The second-order valence-electron chi connectivity index (χ2n) is 3.30. The summed E-state index contributed by atoms with van der Waals surface area (Å²) in [6.07, 6.45) is 1.13. The number of anilines is 1. The topological polar surface area (TPSA) is 96.6 Å². The van der Waals surface area contributed by atoms with Crippen molar-refractivity contribution in [2.24, 2.45) is 0 Å². The van der Waals surface area contributed by atoms with Crippen molar-refractivity contribution in [2.75, 3.05) is 18.0 Å². The third kappa shape index (κ3) is 2.68. The predicted octanol–water partition coefficient (Wildman–Crippen LogP) is 1.53. The number of rotatable bonds is 5. The Bertz CT molecular complexity index is 443. The zero-order valence-electron chi connectivity index (χ0n) is 9.58. The number of nitrogens with zero attached hydrogens (tertiary/aromatic N) is 3. The molecule has 7 nitrogen and oxygen atoms in total. The molecule has 92 valence electrons. The van der Waals surface area contributed by atoms with Gasteiger partial charge in [0.1, 0.15) is 0 Å². The maximum atomic E-state index is 10.9. The van der Waals surface area contributed by atoms with Crippen molar-refractivity contribution in [1.29, 1.82) is 0 Å². The number of hydrogen-bond acceptors (Lipinski definition) is 5. The summed E-state index contributed by atoms with van der Waals surface area (Å²) in [4.78, 5) is 26.5. The molecule has 0 saturated heterocycles. The molecule has 1 heterocycles. The van der Waals surface area contributed by atoms with Gasteiger partial charge < -0.3 is 10.0 Å². The van der Waals surface area contributed by atoms with Crippen LogP contribution in [0.25, 0.3) is 0 Å². The maximum absolute atomic E-state index is 10.9. The standard InChI is InChI=1S/C10H13N3O4/c1-3-12(4-2)9-8(13(16)17)5-7(6-11-9)10(14)15/h5-6H,3-4H2,1-2H3,(H,14,15). The molecule has 0 amide bonds. The number of carboxylic acids is 1. The van der Waals surface area contributed by atoms with Crippen LogP contribution >= 0.6 is 0 Å². The van der Waals surface area contributed by atoms with Crippen LogP contribution < -0.4 is 4.90 Å². The summed E-state index contributed by atoms with van der Waals surface area (Å²) in [5.74, 6) is -1.03. The van der Waals surface area contributed by atoms with Crippen LogP contribution in [0.3, 0.4) is 0 Å². The summed E-state index contributed by atoms with van der Waals surface area (Å²) in [5, 5.41) is 19.6. The Labute approximate surface area is 97.8 Å². The molecule has 0 aliphatic heterocycles. The Morgan fingerprint density at radius 1 is 1.53 bits per heavy atom. The van der Waals surface area contributed by atoms with E-state index in [2.05, 4.69) is 4.98 Å². The predicted molar refractivity (Wildman–Crippen MR) is 61.4 cm³/mol. The van der Waals surface area contributed by atoms with Gasteiger partial charge in [0.2, 0.25) is 5.82 Å². The van der Waals surface area contributed by atoms with Crippen molar-refractivity contribution in [2.45, 2.75) is 13.8 Å². The van der Waals surface area contributed by atoms with Crippen LogP contribution in [0.15, 0.2) is 12.3 Å². The fourth-order valence-electron chi connectivity index (χ4n) is 1.46. The van der Waals surface area contributed by atoms with Crippen LogP contribution in [-0.4, -0.2) is 34.1 Å². The van der Waals surface area contributed by atoms with Gasteiger partial charge in [0.05, 0.1) is 10.5 Å². The quantitative estimate of drug-likeness (QED) is 0.618. The van der Waals surface area contributed by atoms with Crippen LogP contribution in [0, 0.1) is 10.1 Å². The van der Waals surface area contributed by atoms with Crippen LogP contribution in [0.1, 0.15) is 24.2 Å². The van der Waals surface area contributed by atoms with E-state index in [9.17, 15) is 14.9 Å². The van der Waals surface area contributed by atoms with E-state index in [0.29, 0.717) is 13.1 Å². The van der Waals surface area contributed by atoms with E-state index in [4.69, 9.17) is 5.11 Å². The van der Waals surface area contributed by atoms with Gasteiger partial charge in [-0.1, -0.05) is 0 Å². The van der Waals surface area contributed by atoms with Crippen LogP contribution in [0.4, 0.5) is 11.5 Å². The first-order valence-electron chi connectivity index (χ1n) is 5.13. The van der Waals surface area contributed by atoms with E-state index in [-0.39, 0.29) is 17.1 Å². The number of nitro groups is 1. The average Bonchev–Trinajstić information content (AvgIpc) is 2.30. The van der Waals surface area contributed by atoms with Crippen molar-refractivity contribution in [3.8, 4) is 0 Å². The summed E-state index contributed by atoms with van der Waals surface area (Å²) in [7, 11) is 0. The van der Waals surface area contributed by atoms with Gasteiger partial charge >= 0.3 is 11.7 Å². The highest BCUT2D eigenvalue weighted by Crippen LogP contribution is 2.26. The molecule has 7 heteroatoms. The van der Waals surface area contributed by atoms with Gasteiger partial charge in [-0.2, -0.15) is 0 Å². The first kappa shape index (κ1) is 12.9. The zero-order valence-corrected chi connectivity index (χ0v) is 9.58. The summed E-state index contributed by atoms with van der Waals surface area (Å²) in [6, 6.07) is 1.03. The molecule has 0 radical (unpaired) electrons. The van der Waals surface area contributed by atoms with E-state index in [1.165, 1.54) is 0 Å². The van der Waals surface area contributed by atoms with Crippen molar-refractivity contribution < 1.29 is 14.8 Å². The fourth-order valence-corrected chi connectivity index (χ4v) is 1.46. The molecule has 1 rings (SSSR count). The molecule has 0 atom stereocenters. The highest BCUT2D eigenvalue weighted by molar-refractivity contribution is 5.88. The number of hydrogen-bond donors (Lipinski definition) is 1. The van der Waals surface area contributed by atoms with Gasteiger partial charge in [-0.15, -0.1) is 0 Å². The van der Waals surface area contributed by atoms with E-state index >= 15 is 0 Å². The first-order valence-corrected chi connectivity index (χ1v) is 5.13. The Morgan fingerprint density at radius 2 is 2.12 bits per heavy atom. The Kier molecular flexibility index (Phi) is 3.97. The minimum Gasteiger partial charge on any atom is -0.478 e. The number of carbonyl (C=O) groups is 1. The summed E-state index contributed by atoms with van der Waals surface area (Å²) in [5.41, 5.74) is -0.471. The lowest BCUT2D eigenvalue weighted by Crippen LogP contribution is -2.24. The average molecular weight is 239 g/mol. The van der Waals surface area contributed by atoms with Gasteiger partial charge in [0.25, 0.3) is 0 Å². The first-order chi connectivity index (χ1) is 8.01. The molecular formula is C10H13N3O4. The van der Waals surface area contributed by atoms with E-state index in [1.54, 1.807) is 4.90 Å². The highest BCUT2D eigenvalue weighted by atomic mass is 16.6. The molecule has 0 fully saturated rings. The lowest BCUT2D eigenvalue weighted by Gasteiger charge is -2.19. The van der Waals surface area contributed by atoms with E-state index in [1.807, 2.05) is 13.8 Å². The van der Waals surface area contributed by atoms with Crippen molar-refractivity contribution in [3.05, 3.63) is 27.9 Å². The smallest absolute Gasteiger partial charge is 0.337 e. The third-order valence-electron chi connectivity index (χ3n) is 2.35. The number of carboxylic acid groups (broad SMARTS) is 1. The van der Waals surface area contributed by atoms with Gasteiger partial charge in [0.15, 0.2) is 0 Å². The second kappa shape index (κ2) is 5.24. The molecule has 0 bridgehead atoms. The summed E-state index contributed by atoms with van der Waals surface area (Å²) < 4.78 is 0. The molecule has 17 heavy (non-hydrogen) atoms. The zero-order chi connectivity index (χ0) is 13.0. The van der Waals surface area contributed by atoms with Crippen molar-refractivity contribution in [1.82, 2.24) is 4.98 Å². The lowest BCUT2D eigenvalue weighted by atomic mass is 10.2. The van der Waals surface area contributed by atoms with Gasteiger partial charge in [-0.3, -0.25) is 10.1 Å². The molecule has 0 aliphatic carbocycles. The minimum absolute atomic E-state index is 0.187. The van der Waals surface area contributed by atoms with E-state index in [0.717, 1.165) is 12.3 Å². The highest BCUT2D eigenvalue weighted by Gasteiger charge is 2.21. The molecule has 0 aliphatic rings. The molecule has 1 aromatic heterocycles. The van der Waals surface area contributed by atoms with Crippen LogP contribution in [0.5, 0.6) is 0 Å². The molecule has 0 spiro atoms. The van der Waals surface area contributed by atoms with Crippen LogP contribution in [-0.2, 0) is 0 Å². The molecule has 0 saturated carbocycles. The van der Waals surface area contributed by atoms with Gasteiger partial charge in [-0.05, 0) is 13.8 Å². The molecule has 1 aromatic rings. The van der Waals surface area contributed by atoms with Crippen molar-refractivity contribution >= 4 is 17.5 Å². The molecule has 1 N–H and O–H groups in total. The number of aromatic carboxylic acids is 1. The molecular weight excluding hydrogens is 226 g/mol. The lowest BCUT2D eigenvalue weighted by molar-refractivity contribution is -0.384. The normalized spacial score (nSPS) is 10.0. The second-order valence-corrected chi connectivity index (χ2v) is 3.30. The number of aromatic nitrogens is 1. The summed E-state index contributed by atoms with van der Waals surface area (Å²) >= 11 is 0. The molecule has 0 aromatic carbocycles. The Hall–Kier alpha value is -2.18. The maximum Gasteiger partial charge on any atom is 0.337 e. The SMILES string of the molecule is CCN(CC)c1ncc(C(=O)O)cc1[N+](=O)[O-]. The van der Waals surface area contributed by atoms with Crippen molar-refractivity contribution in [3.63, 3.8) is 0 Å². The minimum atomic E-state index is -1.23. The summed E-state index contributed by atoms with van der Waals surface area (Å²) in [6.45, 7) is 4.83. The van der Waals surface area contributed by atoms with E-state index < -0.39 is 10.9 Å². The van der Waals surface area contributed by atoms with Crippen LogP contribution in [0.2, 0.25) is 0 Å². The molecule has 0 unspecified atom stereocenters. The number of pyridine rings is 1. The monoisotopic (exact) mass is 239 g/mol. The third-order valence-corrected chi connectivity index (χ3v) is 2.35.